The van der Waals surface area contributed by atoms with Gasteiger partial charge in [-0.25, -0.2) is 4.98 Å². The quantitative estimate of drug-likeness (QED) is 0.605. The number of anilines is 1. The summed E-state index contributed by atoms with van der Waals surface area (Å²) in [4.78, 5) is 19.7. The lowest BCUT2D eigenvalue weighted by Crippen LogP contribution is -2.40. The van der Waals surface area contributed by atoms with Gasteiger partial charge in [-0.1, -0.05) is 36.0 Å². The van der Waals surface area contributed by atoms with E-state index in [0.29, 0.717) is 0 Å². The number of aromatic nitrogens is 2. The first-order valence-electron chi connectivity index (χ1n) is 9.34. The number of carbonyl (C=O) groups is 1. The van der Waals surface area contributed by atoms with Gasteiger partial charge < -0.3 is 9.64 Å². The van der Waals surface area contributed by atoms with Crippen LogP contribution in [0.25, 0.3) is 5.69 Å². The molecule has 3 aromatic rings. The first-order chi connectivity index (χ1) is 13.6. The van der Waals surface area contributed by atoms with E-state index in [4.69, 9.17) is 4.74 Å². The van der Waals surface area contributed by atoms with Gasteiger partial charge >= 0.3 is 0 Å². The van der Waals surface area contributed by atoms with Gasteiger partial charge in [-0.3, -0.25) is 9.36 Å². The molecule has 0 saturated heterocycles. The Bertz CT molecular complexity index is 1000. The van der Waals surface area contributed by atoms with Crippen molar-refractivity contribution in [3.63, 3.8) is 0 Å². The number of amides is 1. The zero-order valence-corrected chi connectivity index (χ0v) is 17.0. The number of benzene rings is 2. The summed E-state index contributed by atoms with van der Waals surface area (Å²) in [5, 5.41) is 0.537. The average molecular weight is 394 g/mol. The molecule has 0 bridgehead atoms. The second-order valence-electron chi connectivity index (χ2n) is 6.93. The number of methoxy groups -OCH3 is 1. The van der Waals surface area contributed by atoms with E-state index in [-0.39, 0.29) is 17.2 Å². The molecule has 1 aliphatic heterocycles. The van der Waals surface area contributed by atoms with Gasteiger partial charge in [0, 0.05) is 30.2 Å². The standard InChI is InChI=1S/C22H23N3O2S/c1-15-13-17-7-4-5-10-20(17)25(15)21(26)16(2)28-22-23-11-12-24(22)18-8-6-9-19(14-18)27-3/h4-12,14-16H,13H2,1-3H3/t15-,16-/m0/s1. The number of para-hydroxylation sites is 1. The van der Waals surface area contributed by atoms with Gasteiger partial charge in [0.2, 0.25) is 5.91 Å². The fraction of sp³-hybridized carbons (Fsp3) is 0.273. The largest absolute Gasteiger partial charge is 0.497 e. The van der Waals surface area contributed by atoms with E-state index >= 15 is 0 Å². The molecule has 1 aliphatic rings. The third-order valence-corrected chi connectivity index (χ3v) is 6.08. The highest BCUT2D eigenvalue weighted by atomic mass is 32.2. The fourth-order valence-electron chi connectivity index (χ4n) is 3.64. The summed E-state index contributed by atoms with van der Waals surface area (Å²) in [6.07, 6.45) is 4.56. The van der Waals surface area contributed by atoms with E-state index in [1.807, 2.05) is 65.1 Å². The van der Waals surface area contributed by atoms with E-state index in [0.717, 1.165) is 28.7 Å². The lowest BCUT2D eigenvalue weighted by molar-refractivity contribution is -0.118. The summed E-state index contributed by atoms with van der Waals surface area (Å²) in [7, 11) is 1.65. The molecule has 2 heterocycles. The van der Waals surface area contributed by atoms with E-state index in [9.17, 15) is 4.79 Å². The molecule has 2 atom stereocenters. The number of thioether (sulfide) groups is 1. The minimum absolute atomic E-state index is 0.114. The molecule has 6 heteroatoms. The number of nitrogens with zero attached hydrogens (tertiary/aromatic N) is 3. The summed E-state index contributed by atoms with van der Waals surface area (Å²) in [5.74, 6) is 0.899. The van der Waals surface area contributed by atoms with Crippen LogP contribution in [-0.4, -0.2) is 33.9 Å². The van der Waals surface area contributed by atoms with Crippen molar-refractivity contribution < 1.29 is 9.53 Å². The van der Waals surface area contributed by atoms with Crippen LogP contribution in [0.3, 0.4) is 0 Å². The van der Waals surface area contributed by atoms with Crippen molar-refractivity contribution in [2.45, 2.75) is 36.7 Å². The summed E-state index contributed by atoms with van der Waals surface area (Å²) >= 11 is 1.48. The topological polar surface area (TPSA) is 47.4 Å². The lowest BCUT2D eigenvalue weighted by Gasteiger charge is -2.25. The van der Waals surface area contributed by atoms with Crippen LogP contribution in [0.5, 0.6) is 5.75 Å². The summed E-state index contributed by atoms with van der Waals surface area (Å²) in [6, 6.07) is 16.1. The van der Waals surface area contributed by atoms with E-state index in [1.54, 1.807) is 13.3 Å². The number of hydrogen-bond donors (Lipinski definition) is 0. The van der Waals surface area contributed by atoms with Crippen molar-refractivity contribution in [1.29, 1.82) is 0 Å². The van der Waals surface area contributed by atoms with Crippen LogP contribution in [0.2, 0.25) is 0 Å². The summed E-state index contributed by atoms with van der Waals surface area (Å²) < 4.78 is 7.31. The molecule has 28 heavy (non-hydrogen) atoms. The zero-order chi connectivity index (χ0) is 19.7. The number of carbonyl (C=O) groups excluding carboxylic acids is 1. The Hall–Kier alpha value is -2.73. The highest BCUT2D eigenvalue weighted by molar-refractivity contribution is 8.00. The van der Waals surface area contributed by atoms with Crippen molar-refractivity contribution in [1.82, 2.24) is 9.55 Å². The van der Waals surface area contributed by atoms with Crippen LogP contribution in [0.1, 0.15) is 19.4 Å². The van der Waals surface area contributed by atoms with Crippen molar-refractivity contribution in [2.24, 2.45) is 0 Å². The molecule has 1 aromatic heterocycles. The minimum Gasteiger partial charge on any atom is -0.497 e. The van der Waals surface area contributed by atoms with Crippen molar-refractivity contribution in [3.8, 4) is 11.4 Å². The molecular weight excluding hydrogens is 370 g/mol. The molecule has 0 spiro atoms. The van der Waals surface area contributed by atoms with Crippen molar-refractivity contribution in [2.75, 3.05) is 12.0 Å². The molecule has 0 saturated carbocycles. The number of ether oxygens (including phenoxy) is 1. The van der Waals surface area contributed by atoms with E-state index in [2.05, 4.69) is 18.0 Å². The van der Waals surface area contributed by atoms with Crippen LogP contribution in [0.4, 0.5) is 5.69 Å². The Balaban J connectivity index is 1.56. The SMILES string of the molecule is COc1cccc(-n2ccnc2S[C@@H](C)C(=O)N2c3ccccc3C[C@@H]2C)c1. The number of fused-ring (bicyclic) bond motifs is 1. The van der Waals surface area contributed by atoms with Gasteiger partial charge in [0.1, 0.15) is 5.75 Å². The molecule has 0 aliphatic carbocycles. The molecule has 5 nitrogen and oxygen atoms in total. The normalized spacial score (nSPS) is 16.7. The van der Waals surface area contributed by atoms with E-state index in [1.165, 1.54) is 17.3 Å². The maximum absolute atomic E-state index is 13.2. The monoisotopic (exact) mass is 393 g/mol. The van der Waals surface area contributed by atoms with Gasteiger partial charge in [-0.15, -0.1) is 0 Å². The summed E-state index contributed by atoms with van der Waals surface area (Å²) in [6.45, 7) is 4.05. The Morgan fingerprint density at radius 3 is 2.89 bits per heavy atom. The highest BCUT2D eigenvalue weighted by Gasteiger charge is 2.33. The van der Waals surface area contributed by atoms with Gasteiger partial charge in [-0.05, 0) is 44.0 Å². The van der Waals surface area contributed by atoms with Crippen LogP contribution in [-0.2, 0) is 11.2 Å². The van der Waals surface area contributed by atoms with Crippen molar-refractivity contribution >= 4 is 23.4 Å². The molecule has 0 radical (unpaired) electrons. The Kier molecular flexibility index (Phi) is 5.13. The van der Waals surface area contributed by atoms with Crippen LogP contribution in [0, 0.1) is 0 Å². The molecule has 144 valence electrons. The Morgan fingerprint density at radius 1 is 1.25 bits per heavy atom. The van der Waals surface area contributed by atoms with Gasteiger partial charge in [0.15, 0.2) is 5.16 Å². The van der Waals surface area contributed by atoms with Crippen molar-refractivity contribution in [3.05, 3.63) is 66.5 Å². The third kappa shape index (κ3) is 3.40. The van der Waals surface area contributed by atoms with E-state index < -0.39 is 0 Å². The predicted octanol–water partition coefficient (Wildman–Crippen LogP) is 4.34. The first kappa shape index (κ1) is 18.6. The van der Waals surface area contributed by atoms with Gasteiger partial charge in [0.25, 0.3) is 0 Å². The number of rotatable bonds is 5. The molecule has 0 fully saturated rings. The van der Waals surface area contributed by atoms with Crippen LogP contribution in [0.15, 0.2) is 66.1 Å². The number of hydrogen-bond acceptors (Lipinski definition) is 4. The molecule has 0 unspecified atom stereocenters. The van der Waals surface area contributed by atoms with Crippen LogP contribution >= 0.6 is 11.8 Å². The predicted molar refractivity (Wildman–Crippen MR) is 113 cm³/mol. The smallest absolute Gasteiger partial charge is 0.240 e. The maximum atomic E-state index is 13.2. The highest BCUT2D eigenvalue weighted by Crippen LogP contribution is 2.35. The Labute approximate surface area is 169 Å². The average Bonchev–Trinajstić information content (AvgIpc) is 3.30. The molecule has 1 amide bonds. The third-order valence-electron chi connectivity index (χ3n) is 5.01. The Morgan fingerprint density at radius 2 is 2.07 bits per heavy atom. The lowest BCUT2D eigenvalue weighted by atomic mass is 10.1. The second-order valence-corrected chi connectivity index (χ2v) is 8.24. The molecule has 4 rings (SSSR count). The molecule has 0 N–H and O–H groups in total. The maximum Gasteiger partial charge on any atom is 0.240 e. The van der Waals surface area contributed by atoms with Crippen LogP contribution < -0.4 is 9.64 Å². The minimum atomic E-state index is -0.250. The van der Waals surface area contributed by atoms with Gasteiger partial charge in [0.05, 0.1) is 18.0 Å². The number of imidazole rings is 1. The summed E-state index contributed by atoms with van der Waals surface area (Å²) in [5.41, 5.74) is 3.22. The first-order valence-corrected chi connectivity index (χ1v) is 10.2. The second kappa shape index (κ2) is 7.72. The zero-order valence-electron chi connectivity index (χ0n) is 16.2. The molecule has 2 aromatic carbocycles. The van der Waals surface area contributed by atoms with Gasteiger partial charge in [-0.2, -0.15) is 0 Å². The fourth-order valence-corrected chi connectivity index (χ4v) is 4.57. The molecular formula is C22H23N3O2S.